The van der Waals surface area contributed by atoms with E-state index >= 15 is 0 Å². The maximum atomic E-state index is 12.9. The lowest BCUT2D eigenvalue weighted by Gasteiger charge is -2.13. The molecule has 0 aromatic heterocycles. The minimum Gasteiger partial charge on any atom is -0.493 e. The molecular formula is C25H16Br2ClNO5S. The van der Waals surface area contributed by atoms with Gasteiger partial charge in [0, 0.05) is 4.47 Å². The van der Waals surface area contributed by atoms with E-state index in [0.29, 0.717) is 10.0 Å². The van der Waals surface area contributed by atoms with Crippen LogP contribution in [0.5, 0.6) is 11.5 Å². The Morgan fingerprint density at radius 3 is 2.49 bits per heavy atom. The van der Waals surface area contributed by atoms with Crippen LogP contribution in [0.3, 0.4) is 0 Å². The van der Waals surface area contributed by atoms with E-state index in [1.807, 2.05) is 24.3 Å². The molecule has 0 unspecified atom stereocenters. The predicted molar refractivity (Wildman–Crippen MR) is 143 cm³/mol. The van der Waals surface area contributed by atoms with Crippen molar-refractivity contribution in [3.8, 4) is 11.5 Å². The summed E-state index contributed by atoms with van der Waals surface area (Å²) < 4.78 is 12.3. The number of rotatable bonds is 6. The largest absolute Gasteiger partial charge is 0.493 e. The second-order valence-corrected chi connectivity index (χ2v) is 10.5. The van der Waals surface area contributed by atoms with E-state index in [2.05, 4.69) is 31.9 Å². The number of halogens is 3. The van der Waals surface area contributed by atoms with Gasteiger partial charge in [-0.2, -0.15) is 0 Å². The van der Waals surface area contributed by atoms with E-state index in [0.717, 1.165) is 21.8 Å². The fourth-order valence-electron chi connectivity index (χ4n) is 3.26. The normalized spacial score (nSPS) is 14.5. The van der Waals surface area contributed by atoms with E-state index in [1.165, 1.54) is 12.0 Å². The molecule has 4 rings (SSSR count). The SMILES string of the molecule is COc1cc(/C=C2\SC(=O)N(Cc3ccc(Br)cc3)C2=O)cc(Br)c1OC(=O)c1ccccc1Cl. The molecule has 1 aliphatic heterocycles. The van der Waals surface area contributed by atoms with Crippen molar-refractivity contribution in [1.29, 1.82) is 0 Å². The van der Waals surface area contributed by atoms with Gasteiger partial charge in [0.05, 0.1) is 33.6 Å². The van der Waals surface area contributed by atoms with Gasteiger partial charge >= 0.3 is 5.97 Å². The number of thioether (sulfide) groups is 1. The number of ether oxygens (including phenoxy) is 2. The fraction of sp³-hybridized carbons (Fsp3) is 0.0800. The van der Waals surface area contributed by atoms with Crippen LogP contribution in [0.4, 0.5) is 4.79 Å². The first kappa shape index (κ1) is 25.5. The third-order valence-corrected chi connectivity index (χ3v) is 7.32. The second-order valence-electron chi connectivity index (χ2n) is 7.30. The van der Waals surface area contributed by atoms with E-state index in [9.17, 15) is 14.4 Å². The maximum Gasteiger partial charge on any atom is 0.345 e. The molecule has 3 aromatic rings. The van der Waals surface area contributed by atoms with E-state index in [-0.39, 0.29) is 44.7 Å². The Bertz CT molecular complexity index is 1360. The van der Waals surface area contributed by atoms with Crippen LogP contribution in [0.1, 0.15) is 21.5 Å². The summed E-state index contributed by atoms with van der Waals surface area (Å²) in [6.07, 6.45) is 1.60. The molecule has 0 bridgehead atoms. The molecule has 10 heteroatoms. The molecule has 0 saturated carbocycles. The molecule has 0 radical (unpaired) electrons. The zero-order valence-electron chi connectivity index (χ0n) is 18.1. The summed E-state index contributed by atoms with van der Waals surface area (Å²) in [4.78, 5) is 39.5. The number of nitrogens with zero attached hydrogens (tertiary/aromatic N) is 1. The predicted octanol–water partition coefficient (Wildman–Crippen LogP) is 7.33. The van der Waals surface area contributed by atoms with Crippen molar-refractivity contribution in [2.75, 3.05) is 7.11 Å². The number of carbonyl (C=O) groups excluding carboxylic acids is 3. The van der Waals surface area contributed by atoms with Crippen molar-refractivity contribution in [3.63, 3.8) is 0 Å². The Morgan fingerprint density at radius 1 is 1.09 bits per heavy atom. The van der Waals surface area contributed by atoms with Gasteiger partial charge in [-0.25, -0.2) is 4.79 Å². The van der Waals surface area contributed by atoms with Crippen molar-refractivity contribution < 1.29 is 23.9 Å². The van der Waals surface area contributed by atoms with Crippen LogP contribution in [-0.4, -0.2) is 29.1 Å². The van der Waals surface area contributed by atoms with Gasteiger partial charge < -0.3 is 9.47 Å². The van der Waals surface area contributed by atoms with Crippen molar-refractivity contribution >= 4 is 78.4 Å². The third kappa shape index (κ3) is 5.81. The molecule has 1 aliphatic rings. The van der Waals surface area contributed by atoms with Crippen molar-refractivity contribution in [1.82, 2.24) is 4.90 Å². The zero-order chi connectivity index (χ0) is 25.1. The summed E-state index contributed by atoms with van der Waals surface area (Å²) in [5.41, 5.74) is 1.64. The molecule has 0 atom stereocenters. The quantitative estimate of drug-likeness (QED) is 0.160. The summed E-state index contributed by atoms with van der Waals surface area (Å²) in [5.74, 6) is -0.596. The van der Waals surface area contributed by atoms with Gasteiger partial charge in [-0.15, -0.1) is 0 Å². The Hall–Kier alpha value is -2.59. The molecule has 1 heterocycles. The Kier molecular flexibility index (Phi) is 8.01. The van der Waals surface area contributed by atoms with Gasteiger partial charge in [-0.1, -0.05) is 51.8 Å². The summed E-state index contributed by atoms with van der Waals surface area (Å²) in [6.45, 7) is 0.180. The molecular weight excluding hydrogens is 622 g/mol. The molecule has 2 amide bonds. The average Bonchev–Trinajstić information content (AvgIpc) is 3.09. The topological polar surface area (TPSA) is 72.9 Å². The van der Waals surface area contributed by atoms with Crippen LogP contribution >= 0.6 is 55.2 Å². The van der Waals surface area contributed by atoms with Gasteiger partial charge in [0.1, 0.15) is 0 Å². The maximum absolute atomic E-state index is 12.9. The Labute approximate surface area is 227 Å². The lowest BCUT2D eigenvalue weighted by atomic mass is 10.1. The molecule has 6 nitrogen and oxygen atoms in total. The highest BCUT2D eigenvalue weighted by Gasteiger charge is 2.35. The molecule has 0 spiro atoms. The minimum atomic E-state index is -0.642. The van der Waals surface area contributed by atoms with Crippen LogP contribution < -0.4 is 9.47 Å². The molecule has 0 N–H and O–H groups in total. The zero-order valence-corrected chi connectivity index (χ0v) is 22.8. The number of amides is 2. The van der Waals surface area contributed by atoms with Crippen LogP contribution in [0.15, 0.2) is 74.5 Å². The minimum absolute atomic E-state index is 0.165. The molecule has 3 aromatic carbocycles. The highest BCUT2D eigenvalue weighted by Crippen LogP contribution is 2.40. The van der Waals surface area contributed by atoms with Gasteiger partial charge in [-0.3, -0.25) is 14.5 Å². The first-order valence-electron chi connectivity index (χ1n) is 10.1. The van der Waals surface area contributed by atoms with Crippen LogP contribution in [0.25, 0.3) is 6.08 Å². The molecule has 35 heavy (non-hydrogen) atoms. The molecule has 1 saturated heterocycles. The highest BCUT2D eigenvalue weighted by atomic mass is 79.9. The number of carbonyl (C=O) groups is 3. The van der Waals surface area contributed by atoms with Gasteiger partial charge in [0.2, 0.25) is 0 Å². The summed E-state index contributed by atoms with van der Waals surface area (Å²) in [5, 5.41) is -0.0800. The highest BCUT2D eigenvalue weighted by molar-refractivity contribution is 9.10. The van der Waals surface area contributed by atoms with E-state index in [4.69, 9.17) is 21.1 Å². The molecule has 0 aliphatic carbocycles. The van der Waals surface area contributed by atoms with Gasteiger partial charge in [0.15, 0.2) is 11.5 Å². The van der Waals surface area contributed by atoms with Crippen LogP contribution in [0, 0.1) is 0 Å². The molecule has 1 fully saturated rings. The number of benzene rings is 3. The van der Waals surface area contributed by atoms with Crippen LogP contribution in [-0.2, 0) is 11.3 Å². The summed E-state index contributed by atoms with van der Waals surface area (Å²) in [6, 6.07) is 17.2. The monoisotopic (exact) mass is 635 g/mol. The van der Waals surface area contributed by atoms with E-state index in [1.54, 1.807) is 42.5 Å². The number of methoxy groups -OCH3 is 1. The number of hydrogen-bond donors (Lipinski definition) is 0. The first-order chi connectivity index (χ1) is 16.8. The first-order valence-corrected chi connectivity index (χ1v) is 12.9. The number of esters is 1. The standard InChI is InChI=1S/C25H16Br2ClNO5S/c1-33-20-11-15(10-18(27)22(20)34-24(31)17-4-2-3-5-19(17)28)12-21-23(30)29(25(32)35-21)13-14-6-8-16(26)9-7-14/h2-12H,13H2,1H3/b21-12-. The van der Waals surface area contributed by atoms with Crippen molar-refractivity contribution in [2.45, 2.75) is 6.54 Å². The Morgan fingerprint density at radius 2 is 1.80 bits per heavy atom. The lowest BCUT2D eigenvalue weighted by molar-refractivity contribution is -0.123. The lowest BCUT2D eigenvalue weighted by Crippen LogP contribution is -2.27. The van der Waals surface area contributed by atoms with Crippen LogP contribution in [0.2, 0.25) is 5.02 Å². The summed E-state index contributed by atoms with van der Waals surface area (Å²) >= 11 is 13.7. The van der Waals surface area contributed by atoms with Crippen molar-refractivity contribution in [2.24, 2.45) is 0 Å². The Balaban J connectivity index is 1.57. The third-order valence-electron chi connectivity index (χ3n) is 4.97. The second kappa shape index (κ2) is 11.0. The molecule has 178 valence electrons. The fourth-order valence-corrected chi connectivity index (χ4v) is 5.11. The number of hydrogen-bond acceptors (Lipinski definition) is 6. The smallest absolute Gasteiger partial charge is 0.345 e. The number of imide groups is 1. The van der Waals surface area contributed by atoms with Gasteiger partial charge in [-0.05, 0) is 81.3 Å². The van der Waals surface area contributed by atoms with Gasteiger partial charge in [0.25, 0.3) is 11.1 Å². The van der Waals surface area contributed by atoms with E-state index < -0.39 is 5.97 Å². The van der Waals surface area contributed by atoms with Crippen molar-refractivity contribution in [3.05, 3.63) is 96.2 Å². The summed E-state index contributed by atoms with van der Waals surface area (Å²) in [7, 11) is 1.43. The average molecular weight is 638 g/mol.